The Morgan fingerprint density at radius 2 is 1.00 bits per heavy atom. The van der Waals surface area contributed by atoms with Crippen LogP contribution in [0.1, 0.15) is 98.8 Å². The molecular weight excluding hydrogens is 288 g/mol. The molecule has 23 heavy (non-hydrogen) atoms. The predicted molar refractivity (Wildman–Crippen MR) is 98.6 cm³/mol. The Morgan fingerprint density at radius 1 is 0.609 bits per heavy atom. The van der Waals surface area contributed by atoms with E-state index in [2.05, 4.69) is 34.6 Å². The van der Waals surface area contributed by atoms with E-state index in [4.69, 9.17) is 14.2 Å². The summed E-state index contributed by atoms with van der Waals surface area (Å²) in [5.41, 5.74) is 0. The highest BCUT2D eigenvalue weighted by atomic mass is 16.9. The van der Waals surface area contributed by atoms with Crippen LogP contribution in [0.3, 0.4) is 0 Å². The van der Waals surface area contributed by atoms with Crippen molar-refractivity contribution in [2.45, 2.75) is 105 Å². The number of ether oxygens (including phenoxy) is 3. The van der Waals surface area contributed by atoms with Gasteiger partial charge in [0.2, 0.25) is 0 Å². The van der Waals surface area contributed by atoms with Crippen molar-refractivity contribution < 1.29 is 14.2 Å². The molecule has 0 aromatic heterocycles. The van der Waals surface area contributed by atoms with Crippen molar-refractivity contribution in [2.75, 3.05) is 19.8 Å². The van der Waals surface area contributed by atoms with Crippen molar-refractivity contribution in [3.63, 3.8) is 0 Å². The van der Waals surface area contributed by atoms with Crippen LogP contribution in [0.5, 0.6) is 0 Å². The monoisotopic (exact) mass is 330 g/mol. The van der Waals surface area contributed by atoms with E-state index in [0.717, 1.165) is 71.2 Å². The second-order valence-corrected chi connectivity index (χ2v) is 6.46. The lowest BCUT2D eigenvalue weighted by atomic mass is 9.96. The summed E-state index contributed by atoms with van der Waals surface area (Å²) in [7, 11) is 0. The maximum atomic E-state index is 6.27. The van der Waals surface area contributed by atoms with Crippen LogP contribution < -0.4 is 0 Å². The zero-order valence-electron chi connectivity index (χ0n) is 16.5. The summed E-state index contributed by atoms with van der Waals surface area (Å²) in [4.78, 5) is 0. The zero-order valence-corrected chi connectivity index (χ0v) is 16.5. The van der Waals surface area contributed by atoms with Gasteiger partial charge in [0.25, 0.3) is 5.97 Å². The molecule has 140 valence electrons. The Labute approximate surface area is 145 Å². The van der Waals surface area contributed by atoms with Crippen LogP contribution in [0.25, 0.3) is 0 Å². The number of hydrogen-bond acceptors (Lipinski definition) is 3. The topological polar surface area (TPSA) is 27.7 Å². The molecule has 0 saturated heterocycles. The summed E-state index contributed by atoms with van der Waals surface area (Å²) in [6.07, 6.45) is 11.1. The van der Waals surface area contributed by atoms with Crippen LogP contribution in [-0.4, -0.2) is 25.8 Å². The van der Waals surface area contributed by atoms with Gasteiger partial charge < -0.3 is 14.2 Å². The molecule has 1 atom stereocenters. The lowest BCUT2D eigenvalue weighted by molar-refractivity contribution is -0.406. The van der Waals surface area contributed by atoms with Gasteiger partial charge in [-0.05, 0) is 32.1 Å². The smallest absolute Gasteiger partial charge is 0.285 e. The first-order valence-corrected chi connectivity index (χ1v) is 10.1. The first-order valence-electron chi connectivity index (χ1n) is 10.1. The van der Waals surface area contributed by atoms with Crippen molar-refractivity contribution in [2.24, 2.45) is 5.92 Å². The Kier molecular flexibility index (Phi) is 15.3. The minimum absolute atomic E-state index is 0.313. The standard InChI is InChI=1S/C20H42O3/c1-6-11-15-19(10-5)20(21-16-12-7-2,22-17-13-8-3)23-18-14-9-4/h19H,6-18H2,1-5H3. The molecular formula is C20H42O3. The van der Waals surface area contributed by atoms with E-state index in [1.54, 1.807) is 0 Å². The third-order valence-corrected chi connectivity index (χ3v) is 4.30. The summed E-state index contributed by atoms with van der Waals surface area (Å²) in [5, 5.41) is 0. The normalized spacial score (nSPS) is 13.4. The Balaban J connectivity index is 5.03. The lowest BCUT2D eigenvalue weighted by Gasteiger charge is -2.39. The third-order valence-electron chi connectivity index (χ3n) is 4.30. The quantitative estimate of drug-likeness (QED) is 0.231. The largest absolute Gasteiger partial charge is 0.327 e. The van der Waals surface area contributed by atoms with Gasteiger partial charge in [-0.2, -0.15) is 0 Å². The minimum Gasteiger partial charge on any atom is -0.327 e. The van der Waals surface area contributed by atoms with Gasteiger partial charge in [0.15, 0.2) is 0 Å². The van der Waals surface area contributed by atoms with E-state index < -0.39 is 5.97 Å². The van der Waals surface area contributed by atoms with Crippen molar-refractivity contribution in [1.82, 2.24) is 0 Å². The highest BCUT2D eigenvalue weighted by molar-refractivity contribution is 4.72. The van der Waals surface area contributed by atoms with Crippen LogP contribution >= 0.6 is 0 Å². The van der Waals surface area contributed by atoms with Gasteiger partial charge >= 0.3 is 0 Å². The first-order chi connectivity index (χ1) is 11.2. The number of hydrogen-bond donors (Lipinski definition) is 0. The van der Waals surface area contributed by atoms with Crippen molar-refractivity contribution in [1.29, 1.82) is 0 Å². The van der Waals surface area contributed by atoms with E-state index in [-0.39, 0.29) is 0 Å². The van der Waals surface area contributed by atoms with E-state index in [9.17, 15) is 0 Å². The van der Waals surface area contributed by atoms with Crippen LogP contribution in [0.2, 0.25) is 0 Å². The number of unbranched alkanes of at least 4 members (excludes halogenated alkanes) is 4. The van der Waals surface area contributed by atoms with Crippen molar-refractivity contribution >= 4 is 0 Å². The molecule has 0 spiro atoms. The summed E-state index contributed by atoms with van der Waals surface area (Å²) < 4.78 is 18.8. The summed E-state index contributed by atoms with van der Waals surface area (Å²) in [6.45, 7) is 13.2. The molecule has 0 rings (SSSR count). The van der Waals surface area contributed by atoms with Crippen LogP contribution in [-0.2, 0) is 14.2 Å². The zero-order chi connectivity index (χ0) is 17.4. The maximum absolute atomic E-state index is 6.27. The van der Waals surface area contributed by atoms with Crippen LogP contribution in [0.15, 0.2) is 0 Å². The van der Waals surface area contributed by atoms with E-state index >= 15 is 0 Å². The van der Waals surface area contributed by atoms with Gasteiger partial charge in [0.05, 0.1) is 19.8 Å². The molecule has 0 heterocycles. The molecule has 0 aliphatic carbocycles. The minimum atomic E-state index is -0.830. The van der Waals surface area contributed by atoms with E-state index in [1.807, 2.05) is 0 Å². The molecule has 0 N–H and O–H groups in total. The summed E-state index contributed by atoms with van der Waals surface area (Å²) >= 11 is 0. The van der Waals surface area contributed by atoms with Gasteiger partial charge in [-0.15, -0.1) is 0 Å². The highest BCUT2D eigenvalue weighted by Gasteiger charge is 2.41. The molecule has 0 aromatic rings. The van der Waals surface area contributed by atoms with Gasteiger partial charge in [-0.25, -0.2) is 0 Å². The average Bonchev–Trinajstić information content (AvgIpc) is 2.56. The van der Waals surface area contributed by atoms with Gasteiger partial charge in [0, 0.05) is 5.92 Å². The maximum Gasteiger partial charge on any atom is 0.285 e. The average molecular weight is 331 g/mol. The molecule has 1 unspecified atom stereocenters. The van der Waals surface area contributed by atoms with Crippen LogP contribution in [0, 0.1) is 5.92 Å². The molecule has 0 aliphatic heterocycles. The molecule has 0 amide bonds. The molecule has 3 nitrogen and oxygen atoms in total. The fourth-order valence-electron chi connectivity index (χ4n) is 2.64. The highest BCUT2D eigenvalue weighted by Crippen LogP contribution is 2.33. The summed E-state index contributed by atoms with van der Waals surface area (Å²) in [5.74, 6) is -0.517. The number of rotatable bonds is 17. The fraction of sp³-hybridized carbons (Fsp3) is 1.00. The second kappa shape index (κ2) is 15.4. The molecule has 0 radical (unpaired) electrons. The Hall–Kier alpha value is -0.120. The molecule has 0 aromatic carbocycles. The van der Waals surface area contributed by atoms with Crippen LogP contribution in [0.4, 0.5) is 0 Å². The Morgan fingerprint density at radius 3 is 1.30 bits per heavy atom. The van der Waals surface area contributed by atoms with Crippen molar-refractivity contribution in [3.05, 3.63) is 0 Å². The third kappa shape index (κ3) is 9.69. The van der Waals surface area contributed by atoms with E-state index in [0.29, 0.717) is 5.92 Å². The molecule has 0 aliphatic rings. The van der Waals surface area contributed by atoms with Gasteiger partial charge in [0.1, 0.15) is 0 Å². The fourth-order valence-corrected chi connectivity index (χ4v) is 2.64. The summed E-state index contributed by atoms with van der Waals surface area (Å²) in [6, 6.07) is 0. The van der Waals surface area contributed by atoms with Crippen molar-refractivity contribution in [3.8, 4) is 0 Å². The molecule has 0 fully saturated rings. The first kappa shape index (κ1) is 22.9. The second-order valence-electron chi connectivity index (χ2n) is 6.46. The Bertz CT molecular complexity index is 217. The van der Waals surface area contributed by atoms with Gasteiger partial charge in [-0.3, -0.25) is 0 Å². The predicted octanol–water partition coefficient (Wildman–Crippen LogP) is 6.31. The lowest BCUT2D eigenvalue weighted by Crippen LogP contribution is -2.47. The SMILES string of the molecule is CCCCOC(OCCCC)(OCCCC)C(CC)CCCC. The van der Waals surface area contributed by atoms with Gasteiger partial charge in [-0.1, -0.05) is 66.7 Å². The molecule has 3 heteroatoms. The molecule has 0 saturated carbocycles. The molecule has 0 bridgehead atoms. The van der Waals surface area contributed by atoms with E-state index in [1.165, 1.54) is 12.8 Å².